The Balaban J connectivity index is 3.32. The van der Waals surface area contributed by atoms with Crippen molar-refractivity contribution in [3.63, 3.8) is 0 Å². The fourth-order valence-electron chi connectivity index (χ4n) is 2.60. The van der Waals surface area contributed by atoms with E-state index >= 15 is 0 Å². The minimum absolute atomic E-state index is 0.00368. The first-order valence-electron chi connectivity index (χ1n) is 9.40. The van der Waals surface area contributed by atoms with Crippen molar-refractivity contribution < 1.29 is 9.53 Å². The molecule has 0 saturated carbocycles. The normalized spacial score (nSPS) is 12.3. The van der Waals surface area contributed by atoms with Crippen molar-refractivity contribution in [2.75, 3.05) is 0 Å². The summed E-state index contributed by atoms with van der Waals surface area (Å²) in [5, 5.41) is 0. The lowest BCUT2D eigenvalue weighted by Gasteiger charge is -2.13. The van der Waals surface area contributed by atoms with Crippen LogP contribution in [0.25, 0.3) is 0 Å². The van der Waals surface area contributed by atoms with Crippen LogP contribution in [-0.4, -0.2) is 12.1 Å². The quantitative estimate of drug-likeness (QED) is 0.257. The van der Waals surface area contributed by atoms with Crippen LogP contribution in [0.5, 0.6) is 0 Å². The Morgan fingerprint density at radius 1 is 0.762 bits per heavy atom. The van der Waals surface area contributed by atoms with E-state index in [0.29, 0.717) is 6.42 Å². The second kappa shape index (κ2) is 15.9. The van der Waals surface area contributed by atoms with Crippen molar-refractivity contribution in [1.82, 2.24) is 0 Å². The highest BCUT2D eigenvalue weighted by Gasteiger charge is 2.08. The topological polar surface area (TPSA) is 26.3 Å². The molecule has 0 heterocycles. The molecule has 0 aliphatic carbocycles. The van der Waals surface area contributed by atoms with E-state index in [-0.39, 0.29) is 12.1 Å². The molecule has 0 radical (unpaired) electrons. The number of ether oxygens (including phenoxy) is 1. The Morgan fingerprint density at radius 2 is 1.24 bits per heavy atom. The number of hydrogen-bond acceptors (Lipinski definition) is 2. The zero-order valence-corrected chi connectivity index (χ0v) is 14.8. The number of rotatable bonds is 15. The summed E-state index contributed by atoms with van der Waals surface area (Å²) in [4.78, 5) is 11.7. The van der Waals surface area contributed by atoms with E-state index in [2.05, 4.69) is 13.8 Å². The van der Waals surface area contributed by atoms with Gasteiger partial charge in [-0.25, -0.2) is 0 Å². The highest BCUT2D eigenvalue weighted by atomic mass is 16.5. The van der Waals surface area contributed by atoms with Gasteiger partial charge < -0.3 is 4.74 Å². The van der Waals surface area contributed by atoms with E-state index in [9.17, 15) is 4.79 Å². The molecule has 21 heavy (non-hydrogen) atoms. The van der Waals surface area contributed by atoms with Gasteiger partial charge in [-0.2, -0.15) is 0 Å². The lowest BCUT2D eigenvalue weighted by atomic mass is 10.1. The van der Waals surface area contributed by atoms with E-state index < -0.39 is 0 Å². The minimum Gasteiger partial charge on any atom is -0.463 e. The first-order valence-corrected chi connectivity index (χ1v) is 9.40. The summed E-state index contributed by atoms with van der Waals surface area (Å²) in [6.45, 7) is 6.49. The Labute approximate surface area is 133 Å². The molecule has 0 aromatic heterocycles. The lowest BCUT2D eigenvalue weighted by molar-refractivity contribution is -0.148. The lowest BCUT2D eigenvalue weighted by Crippen LogP contribution is -2.14. The van der Waals surface area contributed by atoms with E-state index in [0.717, 1.165) is 12.8 Å². The smallest absolute Gasteiger partial charge is 0.306 e. The highest BCUT2D eigenvalue weighted by molar-refractivity contribution is 5.69. The molecule has 0 saturated heterocycles. The van der Waals surface area contributed by atoms with Crippen molar-refractivity contribution >= 4 is 5.97 Å². The van der Waals surface area contributed by atoms with Crippen LogP contribution in [0.4, 0.5) is 0 Å². The van der Waals surface area contributed by atoms with E-state index in [1.807, 2.05) is 6.92 Å². The number of hydrogen-bond donors (Lipinski definition) is 0. The molecule has 0 aliphatic heterocycles. The predicted octanol–water partition coefficient (Wildman–Crippen LogP) is 6.42. The van der Waals surface area contributed by atoms with Gasteiger partial charge in [0.05, 0.1) is 6.10 Å². The summed E-state index contributed by atoms with van der Waals surface area (Å²) in [5.74, 6) is 0.00368. The fraction of sp³-hybridized carbons (Fsp3) is 0.947. The average molecular weight is 299 g/mol. The summed E-state index contributed by atoms with van der Waals surface area (Å²) < 4.78 is 5.45. The molecular formula is C19H38O2. The molecule has 2 nitrogen and oxygen atoms in total. The van der Waals surface area contributed by atoms with Crippen LogP contribution in [0.2, 0.25) is 0 Å². The summed E-state index contributed by atoms with van der Waals surface area (Å²) >= 11 is 0. The molecule has 2 heteroatoms. The maximum absolute atomic E-state index is 11.7. The molecule has 0 spiro atoms. The molecule has 1 atom stereocenters. The van der Waals surface area contributed by atoms with Gasteiger partial charge in [0.15, 0.2) is 0 Å². The van der Waals surface area contributed by atoms with Gasteiger partial charge in [-0.15, -0.1) is 0 Å². The zero-order valence-electron chi connectivity index (χ0n) is 14.8. The van der Waals surface area contributed by atoms with Crippen LogP contribution in [0.15, 0.2) is 0 Å². The van der Waals surface area contributed by atoms with Gasteiger partial charge in [-0.1, -0.05) is 78.1 Å². The zero-order chi connectivity index (χ0) is 15.8. The van der Waals surface area contributed by atoms with Crippen molar-refractivity contribution in [1.29, 1.82) is 0 Å². The van der Waals surface area contributed by atoms with Crippen molar-refractivity contribution in [3.05, 3.63) is 0 Å². The maximum atomic E-state index is 11.7. The van der Waals surface area contributed by atoms with Crippen LogP contribution in [0, 0.1) is 0 Å². The largest absolute Gasteiger partial charge is 0.463 e. The van der Waals surface area contributed by atoms with Gasteiger partial charge in [0.1, 0.15) is 0 Å². The third-order valence-electron chi connectivity index (χ3n) is 4.03. The molecule has 0 fully saturated rings. The monoisotopic (exact) mass is 298 g/mol. The van der Waals surface area contributed by atoms with E-state index in [1.54, 1.807) is 0 Å². The van der Waals surface area contributed by atoms with Crippen LogP contribution < -0.4 is 0 Å². The van der Waals surface area contributed by atoms with Gasteiger partial charge in [0, 0.05) is 6.42 Å². The first kappa shape index (κ1) is 20.5. The number of carbonyl (C=O) groups is 1. The second-order valence-corrected chi connectivity index (χ2v) is 6.37. The fourth-order valence-corrected chi connectivity index (χ4v) is 2.60. The van der Waals surface area contributed by atoms with Crippen LogP contribution in [0.3, 0.4) is 0 Å². The molecule has 126 valence electrons. The van der Waals surface area contributed by atoms with Crippen LogP contribution in [0.1, 0.15) is 111 Å². The molecule has 0 N–H and O–H groups in total. The van der Waals surface area contributed by atoms with Gasteiger partial charge in [0.25, 0.3) is 0 Å². The van der Waals surface area contributed by atoms with Gasteiger partial charge in [0.2, 0.25) is 0 Å². The summed E-state index contributed by atoms with van der Waals surface area (Å²) in [6, 6.07) is 0. The number of esters is 1. The summed E-state index contributed by atoms with van der Waals surface area (Å²) in [7, 11) is 0. The van der Waals surface area contributed by atoms with Crippen molar-refractivity contribution in [2.24, 2.45) is 0 Å². The molecule has 0 aromatic carbocycles. The Morgan fingerprint density at radius 3 is 1.81 bits per heavy atom. The average Bonchev–Trinajstić information content (AvgIpc) is 2.46. The van der Waals surface area contributed by atoms with Crippen molar-refractivity contribution in [3.8, 4) is 0 Å². The Kier molecular flexibility index (Phi) is 15.5. The van der Waals surface area contributed by atoms with E-state index in [1.165, 1.54) is 70.6 Å². The SMILES string of the molecule is CCCCCCCCCCC(=O)O[C@H](C)CCCCCC. The molecule has 0 aliphatic rings. The van der Waals surface area contributed by atoms with Gasteiger partial charge >= 0.3 is 5.97 Å². The standard InChI is InChI=1S/C19H38O2/c1-4-6-8-10-11-12-13-15-17-19(20)21-18(3)16-14-9-7-5-2/h18H,4-17H2,1-3H3/t18-/m1/s1. The molecular weight excluding hydrogens is 260 g/mol. The van der Waals surface area contributed by atoms with Gasteiger partial charge in [-0.05, 0) is 26.2 Å². The number of carbonyl (C=O) groups excluding carboxylic acids is 1. The van der Waals surface area contributed by atoms with Crippen LogP contribution >= 0.6 is 0 Å². The first-order chi connectivity index (χ1) is 10.2. The van der Waals surface area contributed by atoms with Crippen LogP contribution in [-0.2, 0) is 9.53 Å². The molecule has 0 amide bonds. The minimum atomic E-state index is 0.00368. The van der Waals surface area contributed by atoms with Crippen molar-refractivity contribution in [2.45, 2.75) is 117 Å². The predicted molar refractivity (Wildman–Crippen MR) is 91.5 cm³/mol. The number of unbranched alkanes of at least 4 members (excludes halogenated alkanes) is 10. The second-order valence-electron chi connectivity index (χ2n) is 6.37. The molecule has 0 rings (SSSR count). The third kappa shape index (κ3) is 15.7. The molecule has 0 aromatic rings. The Bertz CT molecular complexity index is 226. The maximum Gasteiger partial charge on any atom is 0.306 e. The molecule has 0 unspecified atom stereocenters. The summed E-state index contributed by atoms with van der Waals surface area (Å²) in [6.07, 6.45) is 16.9. The Hall–Kier alpha value is -0.530. The third-order valence-corrected chi connectivity index (χ3v) is 4.03. The molecule has 0 bridgehead atoms. The summed E-state index contributed by atoms with van der Waals surface area (Å²) in [5.41, 5.74) is 0. The van der Waals surface area contributed by atoms with E-state index in [4.69, 9.17) is 4.74 Å². The highest BCUT2D eigenvalue weighted by Crippen LogP contribution is 2.12. The van der Waals surface area contributed by atoms with Gasteiger partial charge in [-0.3, -0.25) is 4.79 Å².